The Morgan fingerprint density at radius 2 is 2.21 bits per heavy atom. The molecule has 2 unspecified atom stereocenters. The second kappa shape index (κ2) is 6.55. The molecule has 2 atom stereocenters. The first-order valence-corrected chi connectivity index (χ1v) is 7.20. The van der Waals surface area contributed by atoms with E-state index in [0.29, 0.717) is 18.2 Å². The van der Waals surface area contributed by atoms with Gasteiger partial charge in [0.05, 0.1) is 25.5 Å². The maximum Gasteiger partial charge on any atom is 0.122 e. The first-order chi connectivity index (χ1) is 9.06. The van der Waals surface area contributed by atoms with E-state index in [-0.39, 0.29) is 0 Å². The summed E-state index contributed by atoms with van der Waals surface area (Å²) in [5.41, 5.74) is 1.26. The Kier molecular flexibility index (Phi) is 5.02. The Labute approximate surface area is 116 Å². The third-order valence-electron chi connectivity index (χ3n) is 3.62. The molecule has 0 radical (unpaired) electrons. The van der Waals surface area contributed by atoms with Crippen molar-refractivity contribution in [3.05, 3.63) is 23.7 Å². The fourth-order valence-corrected chi connectivity index (χ4v) is 2.35. The Morgan fingerprint density at radius 3 is 2.95 bits per heavy atom. The van der Waals surface area contributed by atoms with Gasteiger partial charge in [0.2, 0.25) is 0 Å². The van der Waals surface area contributed by atoms with Gasteiger partial charge in [-0.15, -0.1) is 0 Å². The van der Waals surface area contributed by atoms with E-state index in [0.717, 1.165) is 32.0 Å². The molecular weight excluding hydrogens is 240 g/mol. The number of nitrogens with one attached hydrogen (secondary N) is 1. The summed E-state index contributed by atoms with van der Waals surface area (Å²) in [6, 6.07) is 3.01. The molecule has 1 saturated heterocycles. The molecule has 108 valence electrons. The van der Waals surface area contributed by atoms with Gasteiger partial charge in [-0.2, -0.15) is 0 Å². The van der Waals surface area contributed by atoms with Crippen LogP contribution in [0, 0.1) is 0 Å². The summed E-state index contributed by atoms with van der Waals surface area (Å²) in [6.45, 7) is 12.2. The van der Waals surface area contributed by atoms with Crippen molar-refractivity contribution in [3.8, 4) is 0 Å². The molecule has 1 aliphatic heterocycles. The molecule has 19 heavy (non-hydrogen) atoms. The average molecular weight is 266 g/mol. The summed E-state index contributed by atoms with van der Waals surface area (Å²) in [6.07, 6.45) is 2.10. The normalized spacial score (nSPS) is 25.1. The predicted octanol–water partition coefficient (Wildman–Crippen LogP) is 2.39. The first kappa shape index (κ1) is 14.6. The van der Waals surface area contributed by atoms with Crippen molar-refractivity contribution < 1.29 is 9.15 Å². The molecule has 1 aliphatic rings. The SMILES string of the molecule is CC(C)NCc1ccoc1CN1CC(C)OCC1C. The van der Waals surface area contributed by atoms with E-state index in [1.165, 1.54) is 5.56 Å². The molecular formula is C15H26N2O2. The summed E-state index contributed by atoms with van der Waals surface area (Å²) < 4.78 is 11.3. The average Bonchev–Trinajstić information content (AvgIpc) is 2.79. The van der Waals surface area contributed by atoms with E-state index in [1.54, 1.807) is 6.26 Å². The standard InChI is InChI=1S/C15H26N2O2/c1-11(2)16-7-14-5-6-18-15(14)9-17-8-13(4)19-10-12(17)3/h5-6,11-13,16H,7-10H2,1-4H3. The van der Waals surface area contributed by atoms with Crippen LogP contribution >= 0.6 is 0 Å². The number of hydrogen-bond donors (Lipinski definition) is 1. The van der Waals surface area contributed by atoms with E-state index < -0.39 is 0 Å². The zero-order valence-electron chi connectivity index (χ0n) is 12.5. The molecule has 0 bridgehead atoms. The lowest BCUT2D eigenvalue weighted by Crippen LogP contribution is -2.46. The highest BCUT2D eigenvalue weighted by Crippen LogP contribution is 2.18. The van der Waals surface area contributed by atoms with Gasteiger partial charge in [-0.05, 0) is 19.9 Å². The van der Waals surface area contributed by atoms with Crippen LogP contribution in [0.1, 0.15) is 39.0 Å². The van der Waals surface area contributed by atoms with Crippen molar-refractivity contribution in [1.82, 2.24) is 10.2 Å². The molecule has 0 aliphatic carbocycles. The number of rotatable bonds is 5. The molecule has 4 heteroatoms. The fraction of sp³-hybridized carbons (Fsp3) is 0.733. The van der Waals surface area contributed by atoms with E-state index in [9.17, 15) is 0 Å². The Hall–Kier alpha value is -0.840. The van der Waals surface area contributed by atoms with Gasteiger partial charge >= 0.3 is 0 Å². The van der Waals surface area contributed by atoms with Gasteiger partial charge in [-0.25, -0.2) is 0 Å². The molecule has 1 N–H and O–H groups in total. The summed E-state index contributed by atoms with van der Waals surface area (Å²) in [4.78, 5) is 2.44. The minimum Gasteiger partial charge on any atom is -0.468 e. The van der Waals surface area contributed by atoms with E-state index >= 15 is 0 Å². The highest BCUT2D eigenvalue weighted by molar-refractivity contribution is 5.17. The van der Waals surface area contributed by atoms with Crippen LogP contribution in [0.5, 0.6) is 0 Å². The summed E-state index contributed by atoms with van der Waals surface area (Å²) in [5.74, 6) is 1.08. The Bertz CT molecular complexity index is 389. The summed E-state index contributed by atoms with van der Waals surface area (Å²) in [5, 5.41) is 3.44. The molecule has 4 nitrogen and oxygen atoms in total. The van der Waals surface area contributed by atoms with Gasteiger partial charge in [-0.1, -0.05) is 13.8 Å². The molecule has 0 aromatic carbocycles. The van der Waals surface area contributed by atoms with Gasteiger partial charge < -0.3 is 14.5 Å². The minimum absolute atomic E-state index is 0.309. The largest absolute Gasteiger partial charge is 0.468 e. The summed E-state index contributed by atoms with van der Waals surface area (Å²) >= 11 is 0. The van der Waals surface area contributed by atoms with Gasteiger partial charge in [0.15, 0.2) is 0 Å². The Morgan fingerprint density at radius 1 is 1.42 bits per heavy atom. The zero-order chi connectivity index (χ0) is 13.8. The lowest BCUT2D eigenvalue weighted by atomic mass is 10.1. The number of hydrogen-bond acceptors (Lipinski definition) is 4. The lowest BCUT2D eigenvalue weighted by molar-refractivity contribution is -0.0546. The number of ether oxygens (including phenoxy) is 1. The molecule has 2 heterocycles. The van der Waals surface area contributed by atoms with Crippen molar-refractivity contribution >= 4 is 0 Å². The van der Waals surface area contributed by atoms with E-state index in [1.807, 2.05) is 0 Å². The van der Waals surface area contributed by atoms with E-state index in [4.69, 9.17) is 9.15 Å². The van der Waals surface area contributed by atoms with Crippen LogP contribution in [0.3, 0.4) is 0 Å². The van der Waals surface area contributed by atoms with Crippen molar-refractivity contribution in [2.45, 2.75) is 59.0 Å². The zero-order valence-corrected chi connectivity index (χ0v) is 12.5. The highest BCUT2D eigenvalue weighted by Gasteiger charge is 2.24. The number of nitrogens with zero attached hydrogens (tertiary/aromatic N) is 1. The van der Waals surface area contributed by atoms with Gasteiger partial charge in [0.1, 0.15) is 5.76 Å². The van der Waals surface area contributed by atoms with Crippen LogP contribution in [-0.4, -0.2) is 36.2 Å². The van der Waals surface area contributed by atoms with Crippen molar-refractivity contribution in [1.29, 1.82) is 0 Å². The van der Waals surface area contributed by atoms with Crippen LogP contribution in [0.2, 0.25) is 0 Å². The van der Waals surface area contributed by atoms with Gasteiger partial charge in [0, 0.05) is 30.7 Å². The van der Waals surface area contributed by atoms with Crippen molar-refractivity contribution in [3.63, 3.8) is 0 Å². The number of furan rings is 1. The predicted molar refractivity (Wildman–Crippen MR) is 76.0 cm³/mol. The smallest absolute Gasteiger partial charge is 0.122 e. The molecule has 0 spiro atoms. The quantitative estimate of drug-likeness (QED) is 0.888. The van der Waals surface area contributed by atoms with Crippen LogP contribution in [0.25, 0.3) is 0 Å². The molecule has 0 saturated carbocycles. The molecule has 1 aromatic heterocycles. The van der Waals surface area contributed by atoms with Crippen molar-refractivity contribution in [2.24, 2.45) is 0 Å². The topological polar surface area (TPSA) is 37.6 Å². The van der Waals surface area contributed by atoms with Crippen LogP contribution in [-0.2, 0) is 17.8 Å². The minimum atomic E-state index is 0.309. The number of morpholine rings is 1. The monoisotopic (exact) mass is 266 g/mol. The highest BCUT2D eigenvalue weighted by atomic mass is 16.5. The third kappa shape index (κ3) is 4.06. The van der Waals surface area contributed by atoms with Crippen LogP contribution in [0.4, 0.5) is 0 Å². The van der Waals surface area contributed by atoms with Crippen molar-refractivity contribution in [2.75, 3.05) is 13.2 Å². The maximum atomic E-state index is 5.66. The fourth-order valence-electron chi connectivity index (χ4n) is 2.35. The second-order valence-corrected chi connectivity index (χ2v) is 5.83. The third-order valence-corrected chi connectivity index (χ3v) is 3.62. The molecule has 2 rings (SSSR count). The van der Waals surface area contributed by atoms with Gasteiger partial charge in [0.25, 0.3) is 0 Å². The lowest BCUT2D eigenvalue weighted by Gasteiger charge is -2.36. The summed E-state index contributed by atoms with van der Waals surface area (Å²) in [7, 11) is 0. The Balaban J connectivity index is 1.96. The first-order valence-electron chi connectivity index (χ1n) is 7.20. The van der Waals surface area contributed by atoms with Crippen LogP contribution in [0.15, 0.2) is 16.7 Å². The maximum absolute atomic E-state index is 5.66. The van der Waals surface area contributed by atoms with Gasteiger partial charge in [-0.3, -0.25) is 4.90 Å². The second-order valence-electron chi connectivity index (χ2n) is 5.83. The molecule has 0 amide bonds. The van der Waals surface area contributed by atoms with E-state index in [2.05, 4.69) is 44.0 Å². The van der Waals surface area contributed by atoms with Crippen LogP contribution < -0.4 is 5.32 Å². The molecule has 1 fully saturated rings. The molecule has 1 aromatic rings.